The third-order valence-corrected chi connectivity index (χ3v) is 5.37. The van der Waals surface area contributed by atoms with Gasteiger partial charge in [0, 0.05) is 5.69 Å². The minimum Gasteiger partial charge on any atom is -0.496 e. The van der Waals surface area contributed by atoms with Crippen LogP contribution in [0.5, 0.6) is 5.75 Å². The van der Waals surface area contributed by atoms with Gasteiger partial charge in [-0.25, -0.2) is 4.39 Å². The summed E-state index contributed by atoms with van der Waals surface area (Å²) >= 11 is 0.988. The fourth-order valence-electron chi connectivity index (χ4n) is 2.45. The van der Waals surface area contributed by atoms with Crippen LogP contribution >= 0.6 is 11.8 Å². The van der Waals surface area contributed by atoms with Crippen LogP contribution in [0.3, 0.4) is 0 Å². The second-order valence-electron chi connectivity index (χ2n) is 6.72. The molecule has 0 saturated carbocycles. The van der Waals surface area contributed by atoms with Crippen LogP contribution < -0.4 is 15.4 Å². The topological polar surface area (TPSA) is 137 Å². The number of benzene rings is 2. The van der Waals surface area contributed by atoms with Crippen molar-refractivity contribution in [1.82, 2.24) is 0 Å². The molecule has 0 fully saturated rings. The molecule has 0 saturated heterocycles. The number of nitro groups is 1. The molecule has 33 heavy (non-hydrogen) atoms. The number of anilines is 2. The normalized spacial score (nSPS) is 12.2. The van der Waals surface area contributed by atoms with E-state index in [4.69, 9.17) is 9.47 Å². The number of methoxy groups -OCH3 is 1. The molecule has 0 spiro atoms. The molecular formula is C21H22FN3O7S. The lowest BCUT2D eigenvalue weighted by Crippen LogP contribution is -2.33. The van der Waals surface area contributed by atoms with Gasteiger partial charge in [0.1, 0.15) is 22.5 Å². The quantitative estimate of drug-likeness (QED) is 0.301. The first kappa shape index (κ1) is 25.6. The molecule has 0 aliphatic rings. The summed E-state index contributed by atoms with van der Waals surface area (Å²) < 4.78 is 23.0. The lowest BCUT2D eigenvalue weighted by Gasteiger charge is -2.16. The Hall–Kier alpha value is -3.67. The highest BCUT2D eigenvalue weighted by molar-refractivity contribution is 8.01. The minimum atomic E-state index is -1.24. The van der Waals surface area contributed by atoms with E-state index in [1.807, 2.05) is 0 Å². The van der Waals surface area contributed by atoms with Crippen LogP contribution in [0.15, 0.2) is 42.5 Å². The lowest BCUT2D eigenvalue weighted by atomic mass is 10.2. The lowest BCUT2D eigenvalue weighted by molar-refractivity contribution is -0.384. The summed E-state index contributed by atoms with van der Waals surface area (Å²) in [6.45, 7) is 2.83. The second-order valence-corrected chi connectivity index (χ2v) is 8.05. The number of halogens is 1. The highest BCUT2D eigenvalue weighted by Crippen LogP contribution is 2.29. The van der Waals surface area contributed by atoms with Gasteiger partial charge in [-0.15, -0.1) is 11.8 Å². The number of carbonyl (C=O) groups excluding carboxylic acids is 3. The second kappa shape index (κ2) is 11.8. The Labute approximate surface area is 193 Å². The number of nitro benzene ring substituents is 1. The van der Waals surface area contributed by atoms with Gasteiger partial charge in [0.15, 0.2) is 6.10 Å². The monoisotopic (exact) mass is 479 g/mol. The fraction of sp³-hybridized carbons (Fsp3) is 0.286. The Morgan fingerprint density at radius 1 is 1.12 bits per heavy atom. The van der Waals surface area contributed by atoms with E-state index >= 15 is 0 Å². The molecule has 0 heterocycles. The summed E-state index contributed by atoms with van der Waals surface area (Å²) in [7, 11) is 1.35. The first-order valence-electron chi connectivity index (χ1n) is 9.61. The standard InChI is InChI=1S/C21H22FN3O7S/c1-12(20(27)24-17-9-8-16(31-3)10-18(17)25(29)30)32-21(28)13(2)33-11-19(26)23-15-6-4-14(22)5-7-15/h4-10,12-13H,11H2,1-3H3,(H,23,26)(H,24,27). The van der Waals surface area contributed by atoms with Crippen molar-refractivity contribution in [2.75, 3.05) is 23.5 Å². The number of thioether (sulfide) groups is 1. The Bertz CT molecular complexity index is 1030. The first-order valence-corrected chi connectivity index (χ1v) is 10.7. The average Bonchev–Trinajstić information content (AvgIpc) is 2.78. The number of nitrogens with zero attached hydrogens (tertiary/aromatic N) is 1. The molecule has 176 valence electrons. The van der Waals surface area contributed by atoms with Crippen LogP contribution in [-0.4, -0.2) is 46.9 Å². The number of esters is 1. The molecule has 0 bridgehead atoms. The molecule has 2 atom stereocenters. The molecule has 10 nitrogen and oxygen atoms in total. The average molecular weight is 479 g/mol. The Balaban J connectivity index is 1.86. The van der Waals surface area contributed by atoms with Crippen molar-refractivity contribution in [2.45, 2.75) is 25.2 Å². The zero-order valence-corrected chi connectivity index (χ0v) is 18.8. The van der Waals surface area contributed by atoms with Crippen LogP contribution in [0.2, 0.25) is 0 Å². The van der Waals surface area contributed by atoms with Crippen molar-refractivity contribution in [3.63, 3.8) is 0 Å². The third-order valence-electron chi connectivity index (χ3n) is 4.25. The van der Waals surface area contributed by atoms with E-state index in [1.54, 1.807) is 0 Å². The summed E-state index contributed by atoms with van der Waals surface area (Å²) in [5, 5.41) is 15.4. The number of amides is 2. The molecule has 2 unspecified atom stereocenters. The van der Waals surface area contributed by atoms with Crippen molar-refractivity contribution in [2.24, 2.45) is 0 Å². The molecule has 2 N–H and O–H groups in total. The molecule has 2 rings (SSSR count). The summed E-state index contributed by atoms with van der Waals surface area (Å²) in [4.78, 5) is 47.1. The van der Waals surface area contributed by atoms with Gasteiger partial charge in [0.05, 0.1) is 23.9 Å². The molecule has 2 aromatic rings. The molecule has 0 aliphatic carbocycles. The number of hydrogen-bond donors (Lipinski definition) is 2. The maximum absolute atomic E-state index is 12.9. The maximum atomic E-state index is 12.9. The predicted octanol–water partition coefficient (Wildman–Crippen LogP) is 3.37. The van der Waals surface area contributed by atoms with Crippen molar-refractivity contribution < 1.29 is 33.2 Å². The summed E-state index contributed by atoms with van der Waals surface area (Å²) in [6, 6.07) is 9.12. The third kappa shape index (κ3) is 7.75. The summed E-state index contributed by atoms with van der Waals surface area (Å²) in [6.07, 6.45) is -1.24. The van der Waals surface area contributed by atoms with E-state index in [0.717, 1.165) is 17.8 Å². The zero-order valence-electron chi connectivity index (χ0n) is 18.0. The number of ether oxygens (including phenoxy) is 2. The van der Waals surface area contributed by atoms with E-state index in [9.17, 15) is 28.9 Å². The van der Waals surface area contributed by atoms with E-state index in [0.29, 0.717) is 5.69 Å². The molecule has 2 aromatic carbocycles. The van der Waals surface area contributed by atoms with E-state index in [1.165, 1.54) is 57.4 Å². The number of rotatable bonds is 10. The summed E-state index contributed by atoms with van der Waals surface area (Å²) in [5.41, 5.74) is -0.0407. The van der Waals surface area contributed by atoms with Crippen LogP contribution in [0.25, 0.3) is 0 Å². The number of nitrogens with one attached hydrogen (secondary N) is 2. The molecule has 0 radical (unpaired) electrons. The number of hydrogen-bond acceptors (Lipinski definition) is 8. The van der Waals surface area contributed by atoms with Gasteiger partial charge in [-0.05, 0) is 50.2 Å². The highest BCUT2D eigenvalue weighted by Gasteiger charge is 2.25. The SMILES string of the molecule is COc1ccc(NC(=O)C(C)OC(=O)C(C)SCC(=O)Nc2ccc(F)cc2)c([N+](=O)[O-])c1. The van der Waals surface area contributed by atoms with Crippen molar-refractivity contribution >= 4 is 46.6 Å². The van der Waals surface area contributed by atoms with Gasteiger partial charge in [-0.1, -0.05) is 0 Å². The van der Waals surface area contributed by atoms with E-state index in [-0.39, 0.29) is 22.9 Å². The fourth-order valence-corrected chi connectivity index (χ4v) is 3.12. The Kier molecular flexibility index (Phi) is 9.16. The smallest absolute Gasteiger partial charge is 0.319 e. The predicted molar refractivity (Wildman–Crippen MR) is 121 cm³/mol. The molecule has 12 heteroatoms. The number of carbonyl (C=O) groups is 3. The zero-order chi connectivity index (χ0) is 24.5. The van der Waals surface area contributed by atoms with Crippen LogP contribution in [0.1, 0.15) is 13.8 Å². The van der Waals surface area contributed by atoms with Gasteiger partial charge < -0.3 is 20.1 Å². The van der Waals surface area contributed by atoms with Crippen LogP contribution in [-0.2, 0) is 19.1 Å². The van der Waals surface area contributed by atoms with Crippen molar-refractivity contribution in [1.29, 1.82) is 0 Å². The Morgan fingerprint density at radius 3 is 2.39 bits per heavy atom. The molecule has 0 aromatic heterocycles. The summed E-state index contributed by atoms with van der Waals surface area (Å²) in [5.74, 6) is -2.16. The maximum Gasteiger partial charge on any atom is 0.319 e. The largest absolute Gasteiger partial charge is 0.496 e. The van der Waals surface area contributed by atoms with Crippen molar-refractivity contribution in [3.05, 3.63) is 58.4 Å². The Morgan fingerprint density at radius 2 is 1.79 bits per heavy atom. The van der Waals surface area contributed by atoms with Gasteiger partial charge in [0.25, 0.3) is 11.6 Å². The van der Waals surface area contributed by atoms with Gasteiger partial charge in [-0.3, -0.25) is 24.5 Å². The van der Waals surface area contributed by atoms with E-state index < -0.39 is 39.9 Å². The minimum absolute atomic E-state index is 0.0754. The van der Waals surface area contributed by atoms with E-state index in [2.05, 4.69) is 10.6 Å². The van der Waals surface area contributed by atoms with Gasteiger partial charge in [0.2, 0.25) is 5.91 Å². The van der Waals surface area contributed by atoms with Gasteiger partial charge >= 0.3 is 5.97 Å². The molecular weight excluding hydrogens is 457 g/mol. The van der Waals surface area contributed by atoms with Crippen LogP contribution in [0.4, 0.5) is 21.5 Å². The molecule has 2 amide bonds. The highest BCUT2D eigenvalue weighted by atomic mass is 32.2. The van der Waals surface area contributed by atoms with Crippen molar-refractivity contribution in [3.8, 4) is 5.75 Å². The molecule has 0 aliphatic heterocycles. The van der Waals surface area contributed by atoms with Gasteiger partial charge in [-0.2, -0.15) is 0 Å². The van der Waals surface area contributed by atoms with Crippen LogP contribution in [0, 0.1) is 15.9 Å². The first-order chi connectivity index (χ1) is 15.6.